The highest BCUT2D eigenvalue weighted by Crippen LogP contribution is 2.19. The normalized spacial score (nSPS) is 12.9. The Morgan fingerprint density at radius 3 is 2.47 bits per heavy atom. The number of aromatic nitrogens is 1. The first kappa shape index (κ1) is 28.4. The van der Waals surface area contributed by atoms with E-state index < -0.39 is 35.3 Å². The van der Waals surface area contributed by atoms with Gasteiger partial charge in [0.15, 0.2) is 0 Å². The minimum Gasteiger partial charge on any atom is -0.458 e. The Kier molecular flexibility index (Phi) is 10.1. The van der Waals surface area contributed by atoms with E-state index >= 15 is 0 Å². The van der Waals surface area contributed by atoms with Crippen LogP contribution in [0.1, 0.15) is 39.2 Å². The minimum absolute atomic E-state index is 0.0447. The number of rotatable bonds is 12. The Balaban J connectivity index is 2.28. The number of nitrogens with one attached hydrogen (secondary N) is 4. The fourth-order valence-electron chi connectivity index (χ4n) is 3.57. The van der Waals surface area contributed by atoms with Crippen molar-refractivity contribution in [2.45, 2.75) is 57.7 Å². The SMILES string of the molecule is CN(C)CC(=O)N[C@@H](Cc1c[nH]c2ccccc12)C(=O)N[C@@H](CCC(=O)C=[N+]=N)C(=O)OC(C)(C)C. The van der Waals surface area contributed by atoms with Crippen LogP contribution < -0.4 is 10.6 Å². The van der Waals surface area contributed by atoms with Crippen LogP contribution in [0.3, 0.4) is 0 Å². The van der Waals surface area contributed by atoms with Gasteiger partial charge in [-0.15, -0.1) is 0 Å². The van der Waals surface area contributed by atoms with E-state index in [9.17, 15) is 19.2 Å². The van der Waals surface area contributed by atoms with Crippen LogP contribution in [0.15, 0.2) is 30.5 Å². The predicted molar refractivity (Wildman–Crippen MR) is 134 cm³/mol. The van der Waals surface area contributed by atoms with Crippen LogP contribution in [-0.4, -0.2) is 82.8 Å². The highest BCUT2D eigenvalue weighted by atomic mass is 16.6. The molecule has 2 rings (SSSR count). The van der Waals surface area contributed by atoms with Crippen LogP contribution in [0.5, 0.6) is 0 Å². The summed E-state index contributed by atoms with van der Waals surface area (Å²) in [5.74, 6) is -2.08. The number of fused-ring (bicyclic) bond motifs is 1. The molecule has 2 aromatic rings. The largest absolute Gasteiger partial charge is 0.458 e. The third-order valence-corrected chi connectivity index (χ3v) is 5.11. The number of hydrogen-bond acceptors (Lipinski definition) is 7. The van der Waals surface area contributed by atoms with Gasteiger partial charge in [-0.1, -0.05) is 18.2 Å². The zero-order valence-electron chi connectivity index (χ0n) is 21.4. The molecule has 0 spiro atoms. The lowest BCUT2D eigenvalue weighted by Crippen LogP contribution is -2.54. The number of esters is 1. The van der Waals surface area contributed by atoms with E-state index in [0.717, 1.165) is 22.7 Å². The molecule has 36 heavy (non-hydrogen) atoms. The lowest BCUT2D eigenvalue weighted by molar-refractivity contribution is -0.159. The number of carbonyl (C=O) groups is 4. The molecule has 0 aliphatic heterocycles. The van der Waals surface area contributed by atoms with Gasteiger partial charge in [0.2, 0.25) is 17.6 Å². The van der Waals surface area contributed by atoms with Gasteiger partial charge in [0.1, 0.15) is 17.7 Å². The highest BCUT2D eigenvalue weighted by Gasteiger charge is 2.31. The van der Waals surface area contributed by atoms with Crippen molar-refractivity contribution in [3.63, 3.8) is 0 Å². The Labute approximate surface area is 210 Å². The molecule has 194 valence electrons. The van der Waals surface area contributed by atoms with Crippen molar-refractivity contribution < 1.29 is 28.7 Å². The first-order chi connectivity index (χ1) is 16.9. The second-order valence-corrected chi connectivity index (χ2v) is 9.78. The topological polar surface area (TPSA) is 159 Å². The first-order valence-electron chi connectivity index (χ1n) is 11.6. The third kappa shape index (κ3) is 9.09. The van der Waals surface area contributed by atoms with Crippen LogP contribution in [0, 0.1) is 5.53 Å². The molecule has 0 saturated carbocycles. The average Bonchev–Trinajstić information content (AvgIpc) is 3.17. The second kappa shape index (κ2) is 12.8. The maximum absolute atomic E-state index is 13.4. The fraction of sp³-hybridized carbons (Fsp3) is 0.480. The summed E-state index contributed by atoms with van der Waals surface area (Å²) in [4.78, 5) is 58.4. The van der Waals surface area contributed by atoms with Gasteiger partial charge in [0.05, 0.1) is 16.9 Å². The van der Waals surface area contributed by atoms with Crippen molar-refractivity contribution >= 4 is 40.7 Å². The third-order valence-electron chi connectivity index (χ3n) is 5.11. The molecule has 1 heterocycles. The summed E-state index contributed by atoms with van der Waals surface area (Å²) >= 11 is 0. The molecule has 0 unspecified atom stereocenters. The molecule has 0 saturated heterocycles. The summed E-state index contributed by atoms with van der Waals surface area (Å²) in [6.45, 7) is 5.17. The summed E-state index contributed by atoms with van der Waals surface area (Å²) in [6, 6.07) is 5.50. The van der Waals surface area contributed by atoms with Crippen LogP contribution >= 0.6 is 0 Å². The number of ether oxygens (including phenoxy) is 1. The number of amides is 2. The van der Waals surface area contributed by atoms with Gasteiger partial charge in [-0.25, -0.2) is 4.79 Å². The van der Waals surface area contributed by atoms with E-state index in [-0.39, 0.29) is 31.7 Å². The number of nitrogens with zero attached hydrogens (tertiary/aromatic N) is 2. The quantitative estimate of drug-likeness (QED) is 0.149. The number of aromatic amines is 1. The molecule has 1 aromatic carbocycles. The van der Waals surface area contributed by atoms with Gasteiger partial charge in [-0.2, -0.15) is 0 Å². The number of carbonyl (C=O) groups excluding carboxylic acids is 4. The van der Waals surface area contributed by atoms with Crippen LogP contribution in [0.4, 0.5) is 0 Å². The van der Waals surface area contributed by atoms with Gasteiger partial charge in [0, 0.05) is 29.9 Å². The van der Waals surface area contributed by atoms with Crippen molar-refractivity contribution in [2.75, 3.05) is 20.6 Å². The van der Waals surface area contributed by atoms with Crippen LogP contribution in [0.2, 0.25) is 0 Å². The number of ketones is 1. The maximum Gasteiger partial charge on any atom is 0.372 e. The van der Waals surface area contributed by atoms with E-state index in [2.05, 4.69) is 20.4 Å². The molecule has 0 aliphatic carbocycles. The molecule has 0 aliphatic rings. The van der Waals surface area contributed by atoms with Gasteiger partial charge < -0.3 is 25.3 Å². The Bertz CT molecular complexity index is 1140. The van der Waals surface area contributed by atoms with E-state index in [1.807, 2.05) is 24.3 Å². The molecule has 0 fully saturated rings. The molecule has 11 heteroatoms. The summed E-state index contributed by atoms with van der Waals surface area (Å²) in [7, 11) is 3.48. The van der Waals surface area contributed by atoms with Crippen molar-refractivity contribution in [1.29, 1.82) is 5.53 Å². The maximum atomic E-state index is 13.4. The zero-order valence-corrected chi connectivity index (χ0v) is 21.4. The number of H-pyrrole nitrogens is 1. The Hall–Kier alpha value is -3.82. The molecule has 11 nitrogen and oxygen atoms in total. The van der Waals surface area contributed by atoms with Gasteiger partial charge in [-0.3, -0.25) is 14.4 Å². The van der Waals surface area contributed by atoms with Gasteiger partial charge in [0.25, 0.3) is 0 Å². The molecule has 2 atom stereocenters. The zero-order chi connectivity index (χ0) is 26.9. The number of benzene rings is 1. The van der Waals surface area contributed by atoms with Crippen molar-refractivity contribution in [2.24, 2.45) is 0 Å². The van der Waals surface area contributed by atoms with Crippen molar-refractivity contribution in [1.82, 2.24) is 20.5 Å². The summed E-state index contributed by atoms with van der Waals surface area (Å²) < 4.78 is 5.44. The molecule has 4 N–H and O–H groups in total. The summed E-state index contributed by atoms with van der Waals surface area (Å²) in [5.41, 5.74) is 7.71. The lowest BCUT2D eigenvalue weighted by Gasteiger charge is -2.26. The molecule has 2 amide bonds. The molecule has 0 bridgehead atoms. The number of Topliss-reactive ketones (excluding diaryl/α,β-unsaturated/α-hetero) is 1. The Morgan fingerprint density at radius 2 is 1.83 bits per heavy atom. The molecular formula is C25H35N6O5+. The van der Waals surface area contributed by atoms with E-state index in [4.69, 9.17) is 10.3 Å². The highest BCUT2D eigenvalue weighted by molar-refractivity contribution is 6.25. The van der Waals surface area contributed by atoms with Gasteiger partial charge in [-0.05, 0) is 52.9 Å². The monoisotopic (exact) mass is 499 g/mol. The number of hydrogen-bond donors (Lipinski definition) is 4. The lowest BCUT2D eigenvalue weighted by atomic mass is 10.0. The minimum atomic E-state index is -1.13. The van der Waals surface area contributed by atoms with E-state index in [0.29, 0.717) is 0 Å². The van der Waals surface area contributed by atoms with Crippen LogP contribution in [0.25, 0.3) is 10.9 Å². The predicted octanol–water partition coefficient (Wildman–Crippen LogP) is 1.24. The Morgan fingerprint density at radius 1 is 1.14 bits per heavy atom. The van der Waals surface area contributed by atoms with Gasteiger partial charge >= 0.3 is 12.2 Å². The van der Waals surface area contributed by atoms with E-state index in [1.54, 1.807) is 46.0 Å². The fourth-order valence-corrected chi connectivity index (χ4v) is 3.57. The molecule has 1 aromatic heterocycles. The molecular weight excluding hydrogens is 464 g/mol. The number of para-hydroxylation sites is 1. The summed E-state index contributed by atoms with van der Waals surface area (Å²) in [5, 5.41) is 6.34. The van der Waals surface area contributed by atoms with Crippen molar-refractivity contribution in [3.8, 4) is 0 Å². The molecule has 0 radical (unpaired) electrons. The average molecular weight is 500 g/mol. The summed E-state index contributed by atoms with van der Waals surface area (Å²) in [6.07, 6.45) is 2.65. The number of likely N-dealkylation sites (N-methyl/N-ethyl adjacent to an activating group) is 1. The smallest absolute Gasteiger partial charge is 0.372 e. The first-order valence-corrected chi connectivity index (χ1v) is 11.6. The van der Waals surface area contributed by atoms with E-state index in [1.165, 1.54) is 0 Å². The standard InChI is InChI=1S/C25H34N6O5/c1-25(2,3)36-24(35)20(11-10-17(32)14-28-26)30-23(34)21(29-22(33)15-31(4)5)12-16-13-27-19-9-7-6-8-18(16)19/h6-9,13-14,20-21,26-27H,10-12,15H2,1-5H3,(H-,29,30,33,34)/p+1/t20-,21-/m0/s1. The van der Waals surface area contributed by atoms with Crippen LogP contribution in [-0.2, 0) is 30.3 Å². The van der Waals surface area contributed by atoms with Crippen molar-refractivity contribution in [3.05, 3.63) is 36.0 Å². The second-order valence-electron chi connectivity index (χ2n) is 9.78.